The van der Waals surface area contributed by atoms with E-state index in [-0.39, 0.29) is 17.5 Å². The maximum Gasteiger partial charge on any atom is 0.419 e. The molecule has 1 aromatic heterocycles. The number of fused-ring (bicyclic) bond motifs is 1. The highest BCUT2D eigenvalue weighted by Gasteiger charge is 2.30. The van der Waals surface area contributed by atoms with Crippen LogP contribution in [0.25, 0.3) is 11.1 Å². The van der Waals surface area contributed by atoms with Crippen LogP contribution in [0.15, 0.2) is 27.4 Å². The van der Waals surface area contributed by atoms with E-state index in [1.165, 1.54) is 0 Å². The molecule has 1 aromatic carbocycles. The van der Waals surface area contributed by atoms with Crippen molar-refractivity contribution in [2.75, 3.05) is 0 Å². The largest absolute Gasteiger partial charge is 0.419 e. The van der Waals surface area contributed by atoms with Gasteiger partial charge in [0.05, 0.1) is 5.52 Å². The fraction of sp³-hybridized carbons (Fsp3) is 0.529. The normalized spacial score (nSPS) is 22.0. The Balaban J connectivity index is 1.98. The van der Waals surface area contributed by atoms with Crippen molar-refractivity contribution < 1.29 is 9.21 Å². The minimum absolute atomic E-state index is 0.117. The van der Waals surface area contributed by atoms with Gasteiger partial charge in [-0.2, -0.15) is 0 Å². The van der Waals surface area contributed by atoms with Gasteiger partial charge in [0.15, 0.2) is 11.4 Å². The van der Waals surface area contributed by atoms with Gasteiger partial charge in [0.1, 0.15) is 0 Å². The van der Waals surface area contributed by atoms with Gasteiger partial charge in [0, 0.05) is 18.0 Å². The molecule has 1 heterocycles. The average Bonchev–Trinajstić information content (AvgIpc) is 3.02. The molecule has 21 heavy (non-hydrogen) atoms. The number of hydrogen-bond acceptors (Lipinski definition) is 3. The minimum atomic E-state index is -0.342. The number of aromatic nitrogens is 1. The molecule has 1 saturated carbocycles. The molecule has 112 valence electrons. The van der Waals surface area contributed by atoms with E-state index in [1.807, 2.05) is 19.1 Å². The third-order valence-corrected chi connectivity index (χ3v) is 4.60. The summed E-state index contributed by atoms with van der Waals surface area (Å²) in [5.41, 5.74) is 1.96. The molecule has 0 radical (unpaired) electrons. The summed E-state index contributed by atoms with van der Waals surface area (Å²) in [5.74, 6) is 0.412. The first-order valence-electron chi connectivity index (χ1n) is 7.79. The van der Waals surface area contributed by atoms with Crippen LogP contribution in [0.2, 0.25) is 0 Å². The molecule has 0 amide bonds. The van der Waals surface area contributed by atoms with E-state index in [2.05, 4.69) is 6.92 Å². The van der Waals surface area contributed by atoms with Gasteiger partial charge in [-0.15, -0.1) is 0 Å². The lowest BCUT2D eigenvalue weighted by Gasteiger charge is -2.13. The molecule has 2 atom stereocenters. The molecule has 4 heteroatoms. The third-order valence-electron chi connectivity index (χ3n) is 4.60. The summed E-state index contributed by atoms with van der Waals surface area (Å²) in [7, 11) is 0. The number of benzene rings is 1. The second-order valence-corrected chi connectivity index (χ2v) is 6.08. The molecule has 1 aliphatic carbocycles. The number of oxazole rings is 1. The Bertz CT molecular complexity index is 725. The Morgan fingerprint density at radius 1 is 1.38 bits per heavy atom. The Morgan fingerprint density at radius 2 is 2.19 bits per heavy atom. The van der Waals surface area contributed by atoms with Gasteiger partial charge in [-0.3, -0.25) is 9.36 Å². The second kappa shape index (κ2) is 5.51. The van der Waals surface area contributed by atoms with E-state index >= 15 is 0 Å². The third kappa shape index (κ3) is 2.43. The molecule has 0 bridgehead atoms. The monoisotopic (exact) mass is 287 g/mol. The van der Waals surface area contributed by atoms with Gasteiger partial charge < -0.3 is 4.42 Å². The minimum Gasteiger partial charge on any atom is -0.408 e. The summed E-state index contributed by atoms with van der Waals surface area (Å²) in [6.45, 7) is 4.80. The SMILES string of the molecule is CCCn1c(=O)oc2cc(C(=O)C3CCCC3C)ccc21. The fourth-order valence-corrected chi connectivity index (χ4v) is 3.40. The van der Waals surface area contributed by atoms with Crippen molar-refractivity contribution in [1.82, 2.24) is 4.57 Å². The first-order valence-corrected chi connectivity index (χ1v) is 7.79. The highest BCUT2D eigenvalue weighted by Crippen LogP contribution is 2.34. The predicted octanol–water partition coefficient (Wildman–Crippen LogP) is 3.62. The number of rotatable bonds is 4. The van der Waals surface area contributed by atoms with Crippen LogP contribution in [-0.4, -0.2) is 10.4 Å². The highest BCUT2D eigenvalue weighted by molar-refractivity contribution is 6.00. The molecule has 0 spiro atoms. The topological polar surface area (TPSA) is 52.2 Å². The summed E-state index contributed by atoms with van der Waals surface area (Å²) < 4.78 is 6.91. The van der Waals surface area contributed by atoms with Crippen LogP contribution < -0.4 is 5.76 Å². The van der Waals surface area contributed by atoms with Gasteiger partial charge in [-0.05, 0) is 43.4 Å². The van der Waals surface area contributed by atoms with Gasteiger partial charge in [-0.1, -0.05) is 20.3 Å². The molecule has 0 N–H and O–H groups in total. The molecule has 1 aliphatic rings. The fourth-order valence-electron chi connectivity index (χ4n) is 3.40. The zero-order valence-electron chi connectivity index (χ0n) is 12.6. The molecular formula is C17H21NO3. The van der Waals surface area contributed by atoms with Crippen LogP contribution in [-0.2, 0) is 6.54 Å². The quantitative estimate of drug-likeness (QED) is 0.807. The zero-order valence-corrected chi connectivity index (χ0v) is 12.6. The first kappa shape index (κ1) is 14.1. The van der Waals surface area contributed by atoms with Crippen LogP contribution in [0.1, 0.15) is 49.9 Å². The van der Waals surface area contributed by atoms with Crippen LogP contribution in [0.5, 0.6) is 0 Å². The van der Waals surface area contributed by atoms with Crippen LogP contribution in [0.3, 0.4) is 0 Å². The van der Waals surface area contributed by atoms with Crippen molar-refractivity contribution in [3.05, 3.63) is 34.3 Å². The first-order chi connectivity index (χ1) is 10.1. The lowest BCUT2D eigenvalue weighted by Crippen LogP contribution is -2.17. The summed E-state index contributed by atoms with van der Waals surface area (Å²) in [4.78, 5) is 24.4. The Labute approximate surface area is 123 Å². The van der Waals surface area contributed by atoms with Gasteiger partial charge >= 0.3 is 5.76 Å². The Morgan fingerprint density at radius 3 is 2.86 bits per heavy atom. The molecule has 2 aromatic rings. The molecule has 0 aliphatic heterocycles. The molecule has 4 nitrogen and oxygen atoms in total. The Kier molecular flexibility index (Phi) is 3.70. The zero-order chi connectivity index (χ0) is 15.0. The molecule has 1 fully saturated rings. The van der Waals surface area contributed by atoms with Crippen LogP contribution >= 0.6 is 0 Å². The number of carbonyl (C=O) groups is 1. The van der Waals surface area contributed by atoms with Gasteiger partial charge in [0.25, 0.3) is 0 Å². The summed E-state index contributed by atoms with van der Waals surface area (Å²) in [6, 6.07) is 5.40. The van der Waals surface area contributed by atoms with Gasteiger partial charge in [0.2, 0.25) is 0 Å². The molecule has 3 rings (SSSR count). The van der Waals surface area contributed by atoms with E-state index in [1.54, 1.807) is 10.6 Å². The molecule has 2 unspecified atom stereocenters. The lowest BCUT2D eigenvalue weighted by atomic mass is 9.89. The predicted molar refractivity (Wildman–Crippen MR) is 81.6 cm³/mol. The summed E-state index contributed by atoms with van der Waals surface area (Å²) >= 11 is 0. The van der Waals surface area contributed by atoms with Crippen molar-refractivity contribution in [1.29, 1.82) is 0 Å². The number of Topliss-reactive ketones (excluding diaryl/α,β-unsaturated/α-hetero) is 1. The van der Waals surface area contributed by atoms with Crippen LogP contribution in [0.4, 0.5) is 0 Å². The van der Waals surface area contributed by atoms with E-state index in [4.69, 9.17) is 4.42 Å². The highest BCUT2D eigenvalue weighted by atomic mass is 16.4. The maximum atomic E-state index is 12.6. The number of nitrogens with zero attached hydrogens (tertiary/aromatic N) is 1. The van der Waals surface area contributed by atoms with E-state index in [0.717, 1.165) is 31.2 Å². The maximum absolute atomic E-state index is 12.6. The van der Waals surface area contributed by atoms with E-state index < -0.39 is 0 Å². The number of hydrogen-bond donors (Lipinski definition) is 0. The van der Waals surface area contributed by atoms with Crippen molar-refractivity contribution >= 4 is 16.9 Å². The standard InChI is InChI=1S/C17H21NO3/c1-3-9-18-14-8-7-12(10-15(14)21-17(18)20)16(19)13-6-4-5-11(13)2/h7-8,10-11,13H,3-6,9H2,1-2H3. The average molecular weight is 287 g/mol. The van der Waals surface area contributed by atoms with Crippen molar-refractivity contribution in [3.8, 4) is 0 Å². The smallest absolute Gasteiger partial charge is 0.408 e. The summed E-state index contributed by atoms with van der Waals surface area (Å²) in [6.07, 6.45) is 4.09. The summed E-state index contributed by atoms with van der Waals surface area (Å²) in [5, 5.41) is 0. The van der Waals surface area contributed by atoms with Crippen molar-refractivity contribution in [3.63, 3.8) is 0 Å². The van der Waals surface area contributed by atoms with Crippen molar-refractivity contribution in [2.24, 2.45) is 11.8 Å². The number of carbonyl (C=O) groups excluding carboxylic acids is 1. The molecule has 0 saturated heterocycles. The Hall–Kier alpha value is -1.84. The van der Waals surface area contributed by atoms with E-state index in [9.17, 15) is 9.59 Å². The number of aryl methyl sites for hydroxylation is 1. The van der Waals surface area contributed by atoms with Gasteiger partial charge in [-0.25, -0.2) is 4.79 Å². The number of ketones is 1. The molecular weight excluding hydrogens is 266 g/mol. The second-order valence-electron chi connectivity index (χ2n) is 6.08. The van der Waals surface area contributed by atoms with E-state index in [0.29, 0.717) is 23.6 Å². The van der Waals surface area contributed by atoms with Crippen LogP contribution in [0, 0.1) is 11.8 Å². The lowest BCUT2D eigenvalue weighted by molar-refractivity contribution is 0.0897. The van der Waals surface area contributed by atoms with Crippen molar-refractivity contribution in [2.45, 2.75) is 46.1 Å².